The van der Waals surface area contributed by atoms with Crippen molar-refractivity contribution in [3.63, 3.8) is 0 Å². The molecule has 0 spiro atoms. The van der Waals surface area contributed by atoms with Crippen LogP contribution in [0.2, 0.25) is 0 Å². The van der Waals surface area contributed by atoms with Gasteiger partial charge >= 0.3 is 12.1 Å². The van der Waals surface area contributed by atoms with Crippen molar-refractivity contribution in [2.45, 2.75) is 45.1 Å². The van der Waals surface area contributed by atoms with Crippen LogP contribution in [0.1, 0.15) is 50.2 Å². The molecule has 7 heteroatoms. The molecule has 35 heavy (non-hydrogen) atoms. The second kappa shape index (κ2) is 10.8. The number of fused-ring (bicyclic) bond motifs is 3. The zero-order chi connectivity index (χ0) is 24.9. The third kappa shape index (κ3) is 5.39. The molecule has 2 aromatic carbocycles. The summed E-state index contributed by atoms with van der Waals surface area (Å²) in [5.74, 6) is -0.990. The Morgan fingerprint density at radius 3 is 2.26 bits per heavy atom. The van der Waals surface area contributed by atoms with E-state index in [4.69, 9.17) is 9.84 Å². The lowest BCUT2D eigenvalue weighted by atomic mass is 9.97. The number of rotatable bonds is 8. The molecule has 1 aliphatic carbocycles. The molecule has 0 radical (unpaired) electrons. The second-order valence-electron chi connectivity index (χ2n) is 9.34. The van der Waals surface area contributed by atoms with E-state index in [0.717, 1.165) is 28.7 Å². The van der Waals surface area contributed by atoms with Gasteiger partial charge in [0.1, 0.15) is 12.6 Å². The average Bonchev–Trinajstić information content (AvgIpc) is 3.20. The molecule has 2 atom stereocenters. The topological polar surface area (TPSA) is 95.9 Å². The number of alkyl carbamates (subject to hydrolysis) is 1. The standard InChI is InChI=1S/C28H32N2O5/c1-3-18(2)16-25(26(31)30-14-12-19(13-15-30)27(32)33)29-28(34)35-17-24-22-10-6-4-8-20(22)21-9-5-7-11-23(21)24/h4-12,18,24-25H,3,13-17H2,1-2H3,(H,29,34)(H,32,33). The van der Waals surface area contributed by atoms with Crippen LogP contribution >= 0.6 is 0 Å². The van der Waals surface area contributed by atoms with Crippen molar-refractivity contribution in [3.8, 4) is 11.1 Å². The Balaban J connectivity index is 1.42. The molecule has 2 amide bonds. The Morgan fingerprint density at radius 2 is 1.71 bits per heavy atom. The van der Waals surface area contributed by atoms with Crippen LogP contribution in [0.3, 0.4) is 0 Å². The van der Waals surface area contributed by atoms with Crippen molar-refractivity contribution in [1.29, 1.82) is 0 Å². The number of hydrogen-bond acceptors (Lipinski definition) is 4. The van der Waals surface area contributed by atoms with Gasteiger partial charge in [0, 0.05) is 24.6 Å². The predicted octanol–water partition coefficient (Wildman–Crippen LogP) is 4.57. The van der Waals surface area contributed by atoms with Crippen LogP contribution in [0.25, 0.3) is 11.1 Å². The summed E-state index contributed by atoms with van der Waals surface area (Å²) in [6.07, 6.45) is 2.61. The number of carbonyl (C=O) groups excluding carboxylic acids is 2. The first-order valence-corrected chi connectivity index (χ1v) is 12.2. The Bertz CT molecular complexity index is 1100. The molecule has 184 valence electrons. The third-order valence-electron chi connectivity index (χ3n) is 7.06. The summed E-state index contributed by atoms with van der Waals surface area (Å²) in [6, 6.07) is 15.5. The van der Waals surface area contributed by atoms with Crippen LogP contribution in [-0.2, 0) is 14.3 Å². The minimum Gasteiger partial charge on any atom is -0.478 e. The molecular weight excluding hydrogens is 444 g/mol. The van der Waals surface area contributed by atoms with Crippen molar-refractivity contribution >= 4 is 18.0 Å². The van der Waals surface area contributed by atoms with E-state index in [1.165, 1.54) is 0 Å². The first kappa shape index (κ1) is 24.5. The van der Waals surface area contributed by atoms with E-state index < -0.39 is 18.1 Å². The number of aliphatic carboxylic acids is 1. The fraction of sp³-hybridized carbons (Fsp3) is 0.393. The van der Waals surface area contributed by atoms with Gasteiger partial charge in [-0.1, -0.05) is 74.9 Å². The van der Waals surface area contributed by atoms with Crippen LogP contribution in [0, 0.1) is 5.92 Å². The molecule has 2 unspecified atom stereocenters. The number of hydrogen-bond donors (Lipinski definition) is 2. The summed E-state index contributed by atoms with van der Waals surface area (Å²) in [6.45, 7) is 4.81. The van der Waals surface area contributed by atoms with Gasteiger partial charge in [-0.3, -0.25) is 4.79 Å². The molecule has 0 fully saturated rings. The summed E-state index contributed by atoms with van der Waals surface area (Å²) in [4.78, 5) is 38.9. The van der Waals surface area contributed by atoms with Gasteiger partial charge in [-0.2, -0.15) is 0 Å². The number of ether oxygens (including phenoxy) is 1. The molecule has 2 aromatic rings. The number of benzene rings is 2. The van der Waals surface area contributed by atoms with Gasteiger partial charge in [-0.15, -0.1) is 0 Å². The maximum absolute atomic E-state index is 13.2. The van der Waals surface area contributed by atoms with Gasteiger partial charge in [0.05, 0.1) is 0 Å². The smallest absolute Gasteiger partial charge is 0.407 e. The fourth-order valence-corrected chi connectivity index (χ4v) is 4.86. The SMILES string of the molecule is CCC(C)CC(NC(=O)OCC1c2ccccc2-c2ccccc21)C(=O)N1CC=C(C(=O)O)CC1. The molecule has 2 aliphatic rings. The zero-order valence-electron chi connectivity index (χ0n) is 20.2. The molecular formula is C28H32N2O5. The molecule has 0 aromatic heterocycles. The van der Waals surface area contributed by atoms with Crippen LogP contribution in [-0.4, -0.2) is 53.7 Å². The minimum absolute atomic E-state index is 0.0569. The first-order chi connectivity index (χ1) is 16.9. The van der Waals surface area contributed by atoms with Crippen molar-refractivity contribution in [2.75, 3.05) is 19.7 Å². The molecule has 0 saturated heterocycles. The molecule has 1 aliphatic heterocycles. The minimum atomic E-state index is -0.954. The van der Waals surface area contributed by atoms with Crippen LogP contribution in [0.5, 0.6) is 0 Å². The van der Waals surface area contributed by atoms with Crippen LogP contribution in [0.4, 0.5) is 4.79 Å². The Morgan fingerprint density at radius 1 is 1.09 bits per heavy atom. The average molecular weight is 477 g/mol. The Kier molecular flexibility index (Phi) is 7.54. The lowest BCUT2D eigenvalue weighted by Gasteiger charge is -2.30. The quantitative estimate of drug-likeness (QED) is 0.582. The number of carboxylic acids is 1. The van der Waals surface area contributed by atoms with E-state index in [-0.39, 0.29) is 30.9 Å². The Hall–Kier alpha value is -3.61. The van der Waals surface area contributed by atoms with E-state index in [9.17, 15) is 14.4 Å². The van der Waals surface area contributed by atoms with Gasteiger partial charge in [0.2, 0.25) is 5.91 Å². The lowest BCUT2D eigenvalue weighted by Crippen LogP contribution is -2.50. The summed E-state index contributed by atoms with van der Waals surface area (Å²) < 4.78 is 5.66. The highest BCUT2D eigenvalue weighted by atomic mass is 16.5. The van der Waals surface area contributed by atoms with Gasteiger partial charge in [0.25, 0.3) is 0 Å². The highest BCUT2D eigenvalue weighted by Crippen LogP contribution is 2.44. The van der Waals surface area contributed by atoms with E-state index in [1.54, 1.807) is 11.0 Å². The maximum atomic E-state index is 13.2. The van der Waals surface area contributed by atoms with Crippen LogP contribution < -0.4 is 5.32 Å². The van der Waals surface area contributed by atoms with E-state index in [1.807, 2.05) is 38.1 Å². The van der Waals surface area contributed by atoms with Gasteiger partial charge < -0.3 is 20.1 Å². The Labute approximate surface area is 205 Å². The lowest BCUT2D eigenvalue weighted by molar-refractivity contribution is -0.136. The van der Waals surface area contributed by atoms with Crippen molar-refractivity contribution < 1.29 is 24.2 Å². The highest BCUT2D eigenvalue weighted by molar-refractivity contribution is 5.89. The van der Waals surface area contributed by atoms with E-state index >= 15 is 0 Å². The van der Waals surface area contributed by atoms with E-state index in [2.05, 4.69) is 29.6 Å². The number of nitrogens with one attached hydrogen (secondary N) is 1. The van der Waals surface area contributed by atoms with Crippen molar-refractivity contribution in [2.24, 2.45) is 5.92 Å². The zero-order valence-corrected chi connectivity index (χ0v) is 20.2. The van der Waals surface area contributed by atoms with Gasteiger partial charge in [-0.05, 0) is 41.0 Å². The molecule has 7 nitrogen and oxygen atoms in total. The molecule has 0 bridgehead atoms. The van der Waals surface area contributed by atoms with Crippen molar-refractivity contribution in [1.82, 2.24) is 10.2 Å². The normalized spacial score (nSPS) is 16.5. The number of amides is 2. The largest absolute Gasteiger partial charge is 0.478 e. The second-order valence-corrected chi connectivity index (χ2v) is 9.34. The van der Waals surface area contributed by atoms with Crippen LogP contribution in [0.15, 0.2) is 60.2 Å². The monoisotopic (exact) mass is 476 g/mol. The first-order valence-electron chi connectivity index (χ1n) is 12.2. The summed E-state index contributed by atoms with van der Waals surface area (Å²) in [5.41, 5.74) is 4.88. The van der Waals surface area contributed by atoms with E-state index in [0.29, 0.717) is 25.0 Å². The molecule has 0 saturated carbocycles. The fourth-order valence-electron chi connectivity index (χ4n) is 4.86. The summed E-state index contributed by atoms with van der Waals surface area (Å²) in [7, 11) is 0. The number of carboxylic acid groups (broad SMARTS) is 1. The molecule has 4 rings (SSSR count). The summed E-state index contributed by atoms with van der Waals surface area (Å²) in [5, 5.41) is 12.0. The van der Waals surface area contributed by atoms with Gasteiger partial charge in [-0.25, -0.2) is 9.59 Å². The summed E-state index contributed by atoms with van der Waals surface area (Å²) >= 11 is 0. The maximum Gasteiger partial charge on any atom is 0.407 e. The number of carbonyl (C=O) groups is 3. The molecule has 1 heterocycles. The van der Waals surface area contributed by atoms with Gasteiger partial charge in [0.15, 0.2) is 0 Å². The highest BCUT2D eigenvalue weighted by Gasteiger charge is 2.32. The molecule has 2 N–H and O–H groups in total. The predicted molar refractivity (Wildman–Crippen MR) is 133 cm³/mol. The van der Waals surface area contributed by atoms with Crippen molar-refractivity contribution in [3.05, 3.63) is 71.3 Å². The number of nitrogens with zero attached hydrogens (tertiary/aromatic N) is 1. The third-order valence-corrected chi connectivity index (χ3v) is 7.06.